The lowest BCUT2D eigenvalue weighted by Crippen LogP contribution is -2.38. The Balaban J connectivity index is 1.54. The summed E-state index contributed by atoms with van der Waals surface area (Å²) in [5.41, 5.74) is 1.08. The van der Waals surface area contributed by atoms with Gasteiger partial charge in [-0.2, -0.15) is 0 Å². The van der Waals surface area contributed by atoms with E-state index in [9.17, 15) is 9.59 Å². The van der Waals surface area contributed by atoms with Crippen LogP contribution in [0, 0.1) is 5.92 Å². The van der Waals surface area contributed by atoms with Crippen molar-refractivity contribution in [1.29, 1.82) is 0 Å². The number of amides is 2. The lowest BCUT2D eigenvalue weighted by atomic mass is 10.1. The summed E-state index contributed by atoms with van der Waals surface area (Å²) in [5.74, 6) is 0.464. The first-order valence-electron chi connectivity index (χ1n) is 8.84. The molecule has 1 N–H and O–H groups in total. The minimum atomic E-state index is -0.300. The Morgan fingerprint density at radius 1 is 1.27 bits per heavy atom. The summed E-state index contributed by atoms with van der Waals surface area (Å²) in [5, 5.41) is 2.98. The van der Waals surface area contributed by atoms with E-state index in [-0.39, 0.29) is 30.2 Å². The number of furan rings is 1. The molecule has 6 nitrogen and oxygen atoms in total. The molecule has 6 heteroatoms. The molecule has 2 aromatic rings. The zero-order chi connectivity index (χ0) is 18.5. The SMILES string of the molecule is CN(C)[C@@H](CNC(=O)[C@@H]1CC(=O)N(Cc2ccccc2)C1)c1ccco1. The van der Waals surface area contributed by atoms with Crippen LogP contribution in [0.4, 0.5) is 0 Å². The van der Waals surface area contributed by atoms with Crippen molar-refractivity contribution in [3.05, 3.63) is 60.1 Å². The van der Waals surface area contributed by atoms with E-state index >= 15 is 0 Å². The highest BCUT2D eigenvalue weighted by atomic mass is 16.3. The van der Waals surface area contributed by atoms with Crippen LogP contribution in [0.3, 0.4) is 0 Å². The predicted molar refractivity (Wildman–Crippen MR) is 98.1 cm³/mol. The van der Waals surface area contributed by atoms with Crippen molar-refractivity contribution >= 4 is 11.8 Å². The topological polar surface area (TPSA) is 65.8 Å². The number of likely N-dealkylation sites (N-methyl/N-ethyl adjacent to an activating group) is 1. The maximum Gasteiger partial charge on any atom is 0.225 e. The summed E-state index contributed by atoms with van der Waals surface area (Å²) in [7, 11) is 3.89. The van der Waals surface area contributed by atoms with Gasteiger partial charge < -0.3 is 14.6 Å². The van der Waals surface area contributed by atoms with E-state index in [0.717, 1.165) is 11.3 Å². The van der Waals surface area contributed by atoms with E-state index in [1.807, 2.05) is 61.5 Å². The molecule has 2 atom stereocenters. The molecule has 1 aliphatic rings. The molecule has 2 heterocycles. The van der Waals surface area contributed by atoms with Gasteiger partial charge in [0.05, 0.1) is 18.2 Å². The molecule has 0 unspecified atom stereocenters. The Hall–Kier alpha value is -2.60. The first-order valence-corrected chi connectivity index (χ1v) is 8.84. The molecule has 0 radical (unpaired) electrons. The zero-order valence-electron chi connectivity index (χ0n) is 15.2. The molecule has 1 aliphatic heterocycles. The van der Waals surface area contributed by atoms with Crippen molar-refractivity contribution < 1.29 is 14.0 Å². The third kappa shape index (κ3) is 4.32. The summed E-state index contributed by atoms with van der Waals surface area (Å²) < 4.78 is 5.46. The van der Waals surface area contributed by atoms with E-state index in [4.69, 9.17) is 4.42 Å². The molecule has 26 heavy (non-hydrogen) atoms. The van der Waals surface area contributed by atoms with Crippen molar-refractivity contribution in [3.63, 3.8) is 0 Å². The molecular weight excluding hydrogens is 330 g/mol. The van der Waals surface area contributed by atoms with Crippen molar-refractivity contribution in [2.45, 2.75) is 19.0 Å². The number of likely N-dealkylation sites (tertiary alicyclic amines) is 1. The predicted octanol–water partition coefficient (Wildman–Crippen LogP) is 2.05. The Morgan fingerprint density at radius 2 is 2.04 bits per heavy atom. The van der Waals surface area contributed by atoms with Crippen molar-refractivity contribution in [2.24, 2.45) is 5.92 Å². The Morgan fingerprint density at radius 3 is 2.69 bits per heavy atom. The number of carbonyl (C=O) groups excluding carboxylic acids is 2. The van der Waals surface area contributed by atoms with Gasteiger partial charge in [0.1, 0.15) is 5.76 Å². The smallest absolute Gasteiger partial charge is 0.225 e. The second-order valence-corrected chi connectivity index (χ2v) is 6.90. The summed E-state index contributed by atoms with van der Waals surface area (Å²) in [4.78, 5) is 28.6. The van der Waals surface area contributed by atoms with Crippen LogP contribution in [-0.4, -0.2) is 48.8 Å². The van der Waals surface area contributed by atoms with Crippen LogP contribution in [0.25, 0.3) is 0 Å². The van der Waals surface area contributed by atoms with Gasteiger partial charge >= 0.3 is 0 Å². The minimum Gasteiger partial charge on any atom is -0.468 e. The first kappa shape index (κ1) is 18.2. The molecule has 0 saturated carbocycles. The van der Waals surface area contributed by atoms with Gasteiger partial charge in [-0.05, 0) is 31.8 Å². The average Bonchev–Trinajstić information content (AvgIpc) is 3.26. The van der Waals surface area contributed by atoms with Gasteiger partial charge in [0.15, 0.2) is 0 Å². The number of nitrogens with zero attached hydrogens (tertiary/aromatic N) is 2. The van der Waals surface area contributed by atoms with Crippen molar-refractivity contribution in [2.75, 3.05) is 27.2 Å². The van der Waals surface area contributed by atoms with E-state index in [0.29, 0.717) is 19.6 Å². The van der Waals surface area contributed by atoms with E-state index in [1.165, 1.54) is 0 Å². The van der Waals surface area contributed by atoms with E-state index < -0.39 is 0 Å². The Labute approximate surface area is 153 Å². The quantitative estimate of drug-likeness (QED) is 0.825. The molecule has 3 rings (SSSR count). The molecule has 1 fully saturated rings. The Kier molecular flexibility index (Phi) is 5.73. The molecule has 2 amide bonds. The number of nitrogens with one attached hydrogen (secondary N) is 1. The van der Waals surface area contributed by atoms with Gasteiger partial charge in [0, 0.05) is 26.1 Å². The van der Waals surface area contributed by atoms with E-state index in [1.54, 1.807) is 11.2 Å². The van der Waals surface area contributed by atoms with Crippen LogP contribution in [0.15, 0.2) is 53.1 Å². The number of rotatable bonds is 7. The van der Waals surface area contributed by atoms with Crippen molar-refractivity contribution in [3.8, 4) is 0 Å². The molecule has 0 spiro atoms. The average molecular weight is 355 g/mol. The van der Waals surface area contributed by atoms with Crippen LogP contribution in [0.5, 0.6) is 0 Å². The second-order valence-electron chi connectivity index (χ2n) is 6.90. The van der Waals surface area contributed by atoms with Crippen LogP contribution in [0.1, 0.15) is 23.8 Å². The van der Waals surface area contributed by atoms with Crippen LogP contribution in [0.2, 0.25) is 0 Å². The zero-order valence-corrected chi connectivity index (χ0v) is 15.2. The second kappa shape index (κ2) is 8.19. The molecule has 0 aliphatic carbocycles. The fourth-order valence-electron chi connectivity index (χ4n) is 3.26. The van der Waals surface area contributed by atoms with Gasteiger partial charge in [-0.3, -0.25) is 14.5 Å². The molecule has 1 aromatic carbocycles. The molecule has 0 bridgehead atoms. The largest absolute Gasteiger partial charge is 0.468 e. The van der Waals surface area contributed by atoms with Gasteiger partial charge in [-0.25, -0.2) is 0 Å². The lowest BCUT2D eigenvalue weighted by Gasteiger charge is -2.23. The molecule has 1 saturated heterocycles. The van der Waals surface area contributed by atoms with Gasteiger partial charge in [0.2, 0.25) is 11.8 Å². The lowest BCUT2D eigenvalue weighted by molar-refractivity contribution is -0.129. The molecule has 1 aromatic heterocycles. The highest BCUT2D eigenvalue weighted by Crippen LogP contribution is 2.22. The summed E-state index contributed by atoms with van der Waals surface area (Å²) in [6.45, 7) is 1.46. The number of carbonyl (C=O) groups is 2. The summed E-state index contributed by atoms with van der Waals surface area (Å²) in [6, 6.07) is 13.5. The Bertz CT molecular complexity index is 728. The van der Waals surface area contributed by atoms with E-state index in [2.05, 4.69) is 5.32 Å². The molecule has 138 valence electrons. The fourth-order valence-corrected chi connectivity index (χ4v) is 3.26. The maximum absolute atomic E-state index is 12.5. The third-order valence-electron chi connectivity index (χ3n) is 4.77. The van der Waals surface area contributed by atoms with Crippen LogP contribution >= 0.6 is 0 Å². The summed E-state index contributed by atoms with van der Waals surface area (Å²) >= 11 is 0. The monoisotopic (exact) mass is 355 g/mol. The fraction of sp³-hybridized carbons (Fsp3) is 0.400. The third-order valence-corrected chi connectivity index (χ3v) is 4.77. The van der Waals surface area contributed by atoms with Crippen molar-refractivity contribution in [1.82, 2.24) is 15.1 Å². The van der Waals surface area contributed by atoms with Crippen LogP contribution in [-0.2, 0) is 16.1 Å². The highest BCUT2D eigenvalue weighted by molar-refractivity contribution is 5.89. The number of benzene rings is 1. The first-order chi connectivity index (χ1) is 12.5. The van der Waals surface area contributed by atoms with Gasteiger partial charge in [-0.1, -0.05) is 30.3 Å². The summed E-state index contributed by atoms with van der Waals surface area (Å²) in [6.07, 6.45) is 1.90. The standard InChI is InChI=1S/C20H25N3O3/c1-22(2)17(18-9-6-10-26-18)12-21-20(25)16-11-19(24)23(14-16)13-15-7-4-3-5-8-15/h3-10,16-17H,11-14H2,1-2H3,(H,21,25)/t16-,17+/m1/s1. The van der Waals surface area contributed by atoms with Gasteiger partial charge in [-0.15, -0.1) is 0 Å². The number of hydrogen-bond donors (Lipinski definition) is 1. The maximum atomic E-state index is 12.5. The highest BCUT2D eigenvalue weighted by Gasteiger charge is 2.34. The van der Waals surface area contributed by atoms with Crippen LogP contribution < -0.4 is 5.32 Å². The number of hydrogen-bond acceptors (Lipinski definition) is 4. The van der Waals surface area contributed by atoms with Gasteiger partial charge in [0.25, 0.3) is 0 Å². The minimum absolute atomic E-state index is 0.0317. The normalized spacial score (nSPS) is 18.3. The molecular formula is C20H25N3O3.